The highest BCUT2D eigenvalue weighted by atomic mass is 16.2. The average molecular weight is 318 g/mol. The third-order valence-electron chi connectivity index (χ3n) is 4.00. The standard InChI is InChI=1S/C17H26N4O2/c1-18-11-5-8-16(22)19-15-9-12-21(13-10-15)17(23)20-14-6-3-2-4-7-14/h2-4,6-7,15,18H,5,8-13H2,1H3,(H,19,22)(H,20,23). The summed E-state index contributed by atoms with van der Waals surface area (Å²) >= 11 is 0. The maximum absolute atomic E-state index is 12.2. The first-order valence-electron chi connectivity index (χ1n) is 8.24. The fourth-order valence-electron chi connectivity index (χ4n) is 2.68. The van der Waals surface area contributed by atoms with Gasteiger partial charge in [0.05, 0.1) is 0 Å². The highest BCUT2D eigenvalue weighted by molar-refractivity contribution is 5.89. The maximum Gasteiger partial charge on any atom is 0.321 e. The molecular formula is C17H26N4O2. The number of carbonyl (C=O) groups is 2. The third-order valence-corrected chi connectivity index (χ3v) is 4.00. The van der Waals surface area contributed by atoms with E-state index in [1.54, 1.807) is 4.90 Å². The molecule has 126 valence electrons. The fourth-order valence-corrected chi connectivity index (χ4v) is 2.68. The van der Waals surface area contributed by atoms with Crippen LogP contribution < -0.4 is 16.0 Å². The molecule has 0 atom stereocenters. The molecule has 6 nitrogen and oxygen atoms in total. The summed E-state index contributed by atoms with van der Waals surface area (Å²) in [7, 11) is 1.88. The number of benzene rings is 1. The van der Waals surface area contributed by atoms with Crippen molar-refractivity contribution in [3.63, 3.8) is 0 Å². The molecule has 1 aliphatic heterocycles. The molecule has 1 aromatic rings. The zero-order chi connectivity index (χ0) is 16.5. The lowest BCUT2D eigenvalue weighted by Gasteiger charge is -2.32. The molecule has 1 fully saturated rings. The second-order valence-corrected chi connectivity index (χ2v) is 5.83. The van der Waals surface area contributed by atoms with Crippen molar-refractivity contribution in [1.82, 2.24) is 15.5 Å². The van der Waals surface area contributed by atoms with E-state index in [1.807, 2.05) is 37.4 Å². The van der Waals surface area contributed by atoms with Crippen LogP contribution in [0.15, 0.2) is 30.3 Å². The van der Waals surface area contributed by atoms with Gasteiger partial charge >= 0.3 is 6.03 Å². The number of hydrogen-bond donors (Lipinski definition) is 3. The summed E-state index contributed by atoms with van der Waals surface area (Å²) in [5.74, 6) is 0.104. The lowest BCUT2D eigenvalue weighted by Crippen LogP contribution is -2.47. The molecule has 1 saturated heterocycles. The third kappa shape index (κ3) is 5.90. The minimum atomic E-state index is -0.0741. The van der Waals surface area contributed by atoms with Crippen LogP contribution in [0.2, 0.25) is 0 Å². The quantitative estimate of drug-likeness (QED) is 0.700. The summed E-state index contributed by atoms with van der Waals surface area (Å²) in [4.78, 5) is 25.8. The van der Waals surface area contributed by atoms with E-state index in [-0.39, 0.29) is 18.0 Å². The number of nitrogens with one attached hydrogen (secondary N) is 3. The van der Waals surface area contributed by atoms with Crippen molar-refractivity contribution in [2.75, 3.05) is 32.0 Å². The molecular weight excluding hydrogens is 292 g/mol. The highest BCUT2D eigenvalue weighted by Gasteiger charge is 2.23. The molecule has 1 aromatic carbocycles. The van der Waals surface area contributed by atoms with E-state index in [1.165, 1.54) is 0 Å². The summed E-state index contributed by atoms with van der Waals surface area (Å²) in [6.45, 7) is 2.19. The minimum Gasteiger partial charge on any atom is -0.353 e. The van der Waals surface area contributed by atoms with E-state index in [2.05, 4.69) is 16.0 Å². The number of likely N-dealkylation sites (tertiary alicyclic amines) is 1. The van der Waals surface area contributed by atoms with Gasteiger partial charge in [-0.1, -0.05) is 18.2 Å². The van der Waals surface area contributed by atoms with Crippen LogP contribution in [0.3, 0.4) is 0 Å². The number of nitrogens with zero attached hydrogens (tertiary/aromatic N) is 1. The SMILES string of the molecule is CNCCCC(=O)NC1CCN(C(=O)Nc2ccccc2)CC1. The molecule has 3 N–H and O–H groups in total. The zero-order valence-corrected chi connectivity index (χ0v) is 13.7. The van der Waals surface area contributed by atoms with Crippen LogP contribution in [0.5, 0.6) is 0 Å². The number of anilines is 1. The number of carbonyl (C=O) groups excluding carboxylic acids is 2. The Morgan fingerprint density at radius 3 is 2.52 bits per heavy atom. The number of piperidine rings is 1. The summed E-state index contributed by atoms with van der Waals surface area (Å²) in [5, 5.41) is 8.99. The lowest BCUT2D eigenvalue weighted by molar-refractivity contribution is -0.122. The Bertz CT molecular complexity index is 499. The van der Waals surface area contributed by atoms with Crippen molar-refractivity contribution >= 4 is 17.6 Å². The van der Waals surface area contributed by atoms with E-state index in [9.17, 15) is 9.59 Å². The Hall–Kier alpha value is -2.08. The van der Waals surface area contributed by atoms with Crippen molar-refractivity contribution in [3.8, 4) is 0 Å². The van der Waals surface area contributed by atoms with Crippen molar-refractivity contribution in [3.05, 3.63) is 30.3 Å². The van der Waals surface area contributed by atoms with Crippen molar-refractivity contribution < 1.29 is 9.59 Å². The molecule has 0 radical (unpaired) electrons. The van der Waals surface area contributed by atoms with Crippen molar-refractivity contribution in [1.29, 1.82) is 0 Å². The fraction of sp³-hybridized carbons (Fsp3) is 0.529. The summed E-state index contributed by atoms with van der Waals surface area (Å²) < 4.78 is 0. The predicted octanol–water partition coefficient (Wildman–Crippen LogP) is 1.80. The number of hydrogen-bond acceptors (Lipinski definition) is 3. The van der Waals surface area contributed by atoms with Gasteiger partial charge in [-0.3, -0.25) is 4.79 Å². The normalized spacial score (nSPS) is 15.3. The first kappa shape index (κ1) is 17.3. The number of urea groups is 1. The van der Waals surface area contributed by atoms with Gasteiger partial charge in [-0.05, 0) is 45.0 Å². The molecule has 0 unspecified atom stereocenters. The Morgan fingerprint density at radius 2 is 1.87 bits per heavy atom. The number of amides is 3. The average Bonchev–Trinajstić information content (AvgIpc) is 2.56. The van der Waals surface area contributed by atoms with Crippen LogP contribution in [0.25, 0.3) is 0 Å². The van der Waals surface area contributed by atoms with Crippen LogP contribution in [-0.2, 0) is 4.79 Å². The Balaban J connectivity index is 1.69. The molecule has 0 spiro atoms. The summed E-state index contributed by atoms with van der Waals surface area (Å²) in [5.41, 5.74) is 0.803. The van der Waals surface area contributed by atoms with E-state index in [0.29, 0.717) is 19.5 Å². The van der Waals surface area contributed by atoms with Crippen LogP contribution in [0.1, 0.15) is 25.7 Å². The molecule has 0 saturated carbocycles. The molecule has 0 bridgehead atoms. The lowest BCUT2D eigenvalue weighted by atomic mass is 10.0. The number of rotatable bonds is 6. The minimum absolute atomic E-state index is 0.0741. The molecule has 1 aliphatic rings. The van der Waals surface area contributed by atoms with Gasteiger partial charge in [-0.25, -0.2) is 4.79 Å². The van der Waals surface area contributed by atoms with E-state index in [4.69, 9.17) is 0 Å². The summed E-state index contributed by atoms with van der Waals surface area (Å²) in [6.07, 6.45) is 3.01. The first-order chi connectivity index (χ1) is 11.2. The van der Waals surface area contributed by atoms with E-state index >= 15 is 0 Å². The van der Waals surface area contributed by atoms with Gasteiger partial charge in [0, 0.05) is 31.2 Å². The maximum atomic E-state index is 12.2. The van der Waals surface area contributed by atoms with Gasteiger partial charge in [-0.2, -0.15) is 0 Å². The topological polar surface area (TPSA) is 73.5 Å². The molecule has 6 heteroatoms. The molecule has 23 heavy (non-hydrogen) atoms. The number of para-hydroxylation sites is 1. The van der Waals surface area contributed by atoms with E-state index in [0.717, 1.165) is 31.5 Å². The van der Waals surface area contributed by atoms with Crippen molar-refractivity contribution in [2.24, 2.45) is 0 Å². The Labute approximate surface area is 137 Å². The zero-order valence-electron chi connectivity index (χ0n) is 13.7. The first-order valence-corrected chi connectivity index (χ1v) is 8.24. The summed E-state index contributed by atoms with van der Waals surface area (Å²) in [6, 6.07) is 9.55. The smallest absolute Gasteiger partial charge is 0.321 e. The van der Waals surface area contributed by atoms with E-state index < -0.39 is 0 Å². The molecule has 0 aromatic heterocycles. The van der Waals surface area contributed by atoms with Crippen LogP contribution in [0, 0.1) is 0 Å². The second-order valence-electron chi connectivity index (χ2n) is 5.83. The largest absolute Gasteiger partial charge is 0.353 e. The molecule has 2 rings (SSSR count). The molecule has 0 aliphatic carbocycles. The second kappa shape index (κ2) is 9.15. The monoisotopic (exact) mass is 318 g/mol. The van der Waals surface area contributed by atoms with Gasteiger partial charge in [0.1, 0.15) is 0 Å². The van der Waals surface area contributed by atoms with Gasteiger partial charge in [0.2, 0.25) is 5.91 Å². The Morgan fingerprint density at radius 1 is 1.17 bits per heavy atom. The molecule has 1 heterocycles. The molecule has 3 amide bonds. The van der Waals surface area contributed by atoms with Gasteiger partial charge < -0.3 is 20.9 Å². The Kier molecular flexibility index (Phi) is 6.87. The van der Waals surface area contributed by atoms with Crippen molar-refractivity contribution in [2.45, 2.75) is 31.7 Å². The van der Waals surface area contributed by atoms with Crippen LogP contribution in [0.4, 0.5) is 10.5 Å². The van der Waals surface area contributed by atoms with Crippen LogP contribution in [-0.4, -0.2) is 49.6 Å². The van der Waals surface area contributed by atoms with Gasteiger partial charge in [0.15, 0.2) is 0 Å². The van der Waals surface area contributed by atoms with Crippen LogP contribution >= 0.6 is 0 Å². The van der Waals surface area contributed by atoms with Gasteiger partial charge in [0.25, 0.3) is 0 Å². The highest BCUT2D eigenvalue weighted by Crippen LogP contribution is 2.13. The predicted molar refractivity (Wildman–Crippen MR) is 91.4 cm³/mol. The van der Waals surface area contributed by atoms with Gasteiger partial charge in [-0.15, -0.1) is 0 Å².